The van der Waals surface area contributed by atoms with Crippen LogP contribution >= 0.6 is 0 Å². The molecule has 0 aromatic heterocycles. The number of methoxy groups -OCH3 is 1. The molecule has 0 bridgehead atoms. The van der Waals surface area contributed by atoms with Crippen LogP contribution in [-0.2, 0) is 16.0 Å². The van der Waals surface area contributed by atoms with Crippen molar-refractivity contribution in [3.05, 3.63) is 77.4 Å². The summed E-state index contributed by atoms with van der Waals surface area (Å²) >= 11 is 0. The number of aryl methyl sites for hydroxylation is 2. The van der Waals surface area contributed by atoms with Crippen molar-refractivity contribution in [1.82, 2.24) is 0 Å². The Bertz CT molecular complexity index is 1060. The van der Waals surface area contributed by atoms with Crippen LogP contribution in [0.3, 0.4) is 0 Å². The number of hydrogen-bond acceptors (Lipinski definition) is 3. The van der Waals surface area contributed by atoms with E-state index in [0.29, 0.717) is 29.9 Å². The van der Waals surface area contributed by atoms with Crippen molar-refractivity contribution in [2.75, 3.05) is 13.7 Å². The number of carbonyl (C=O) groups is 1. The lowest BCUT2D eigenvalue weighted by Crippen LogP contribution is -2.06. The van der Waals surface area contributed by atoms with E-state index in [4.69, 9.17) is 9.47 Å². The maximum Gasteiger partial charge on any atom is 0.306 e. The Hall–Kier alpha value is -3.21. The van der Waals surface area contributed by atoms with Crippen LogP contribution in [0.2, 0.25) is 0 Å². The lowest BCUT2D eigenvalue weighted by Gasteiger charge is -2.15. The summed E-state index contributed by atoms with van der Waals surface area (Å²) in [5.74, 6) is 0.354. The van der Waals surface area contributed by atoms with E-state index in [9.17, 15) is 13.6 Å². The molecule has 0 saturated carbocycles. The zero-order valence-corrected chi connectivity index (χ0v) is 18.0. The van der Waals surface area contributed by atoms with Crippen LogP contribution in [0.15, 0.2) is 60.7 Å². The molecule has 5 heteroatoms. The van der Waals surface area contributed by atoms with Gasteiger partial charge in [0.1, 0.15) is 5.75 Å². The van der Waals surface area contributed by atoms with E-state index in [2.05, 4.69) is 0 Å². The maximum atomic E-state index is 14.0. The minimum absolute atomic E-state index is 0.0183. The number of hydrogen-bond donors (Lipinski definition) is 0. The lowest BCUT2D eigenvalue weighted by molar-refractivity contribution is -0.143. The Balaban J connectivity index is 2.03. The van der Waals surface area contributed by atoms with Gasteiger partial charge in [-0.1, -0.05) is 48.0 Å². The van der Waals surface area contributed by atoms with Gasteiger partial charge in [-0.05, 0) is 66.3 Å². The quantitative estimate of drug-likeness (QED) is 0.374. The predicted molar refractivity (Wildman–Crippen MR) is 119 cm³/mol. The number of rotatable bonds is 8. The van der Waals surface area contributed by atoms with Gasteiger partial charge in [-0.3, -0.25) is 4.79 Å². The minimum atomic E-state index is -2.61. The fourth-order valence-corrected chi connectivity index (χ4v) is 3.64. The average molecular weight is 424 g/mol. The fraction of sp³-hybridized carbons (Fsp3) is 0.269. The molecular formula is C26H26F2O3. The van der Waals surface area contributed by atoms with E-state index in [-0.39, 0.29) is 18.0 Å². The number of esters is 1. The normalized spacial score (nSPS) is 10.9. The number of ether oxygens (including phenoxy) is 2. The first kappa shape index (κ1) is 22.5. The van der Waals surface area contributed by atoms with E-state index < -0.39 is 6.43 Å². The van der Waals surface area contributed by atoms with Crippen LogP contribution in [0, 0.1) is 6.92 Å². The molecule has 0 heterocycles. The zero-order chi connectivity index (χ0) is 22.4. The topological polar surface area (TPSA) is 35.5 Å². The number of benzene rings is 3. The second-order valence-corrected chi connectivity index (χ2v) is 7.30. The van der Waals surface area contributed by atoms with Gasteiger partial charge in [0.15, 0.2) is 0 Å². The Morgan fingerprint density at radius 1 is 0.968 bits per heavy atom. The largest absolute Gasteiger partial charge is 0.497 e. The van der Waals surface area contributed by atoms with Crippen molar-refractivity contribution in [3.63, 3.8) is 0 Å². The third-order valence-corrected chi connectivity index (χ3v) is 5.14. The summed E-state index contributed by atoms with van der Waals surface area (Å²) in [5.41, 5.74) is 4.59. The van der Waals surface area contributed by atoms with Gasteiger partial charge in [0.25, 0.3) is 6.43 Å². The van der Waals surface area contributed by atoms with Crippen LogP contribution in [0.5, 0.6) is 5.75 Å². The fourth-order valence-electron chi connectivity index (χ4n) is 3.64. The third kappa shape index (κ3) is 5.48. The van der Waals surface area contributed by atoms with Gasteiger partial charge in [-0.15, -0.1) is 0 Å². The third-order valence-electron chi connectivity index (χ3n) is 5.14. The SMILES string of the molecule is CCOC(=O)CCc1cc(OC)ccc1-c1ccc(-c2cccc(C)c2)c(C(F)F)c1. The highest BCUT2D eigenvalue weighted by atomic mass is 19.3. The van der Waals surface area contributed by atoms with Gasteiger partial charge < -0.3 is 9.47 Å². The molecule has 0 N–H and O–H groups in total. The van der Waals surface area contributed by atoms with Crippen molar-refractivity contribution in [3.8, 4) is 28.0 Å². The number of alkyl halides is 2. The molecule has 0 spiro atoms. The Morgan fingerprint density at radius 3 is 2.39 bits per heavy atom. The molecule has 0 amide bonds. The molecule has 3 aromatic rings. The van der Waals surface area contributed by atoms with Crippen LogP contribution in [0.1, 0.15) is 36.5 Å². The van der Waals surface area contributed by atoms with Crippen molar-refractivity contribution in [2.24, 2.45) is 0 Å². The molecule has 3 rings (SSSR count). The van der Waals surface area contributed by atoms with E-state index >= 15 is 0 Å². The molecule has 0 aliphatic rings. The summed E-state index contributed by atoms with van der Waals surface area (Å²) < 4.78 is 38.3. The monoisotopic (exact) mass is 424 g/mol. The zero-order valence-electron chi connectivity index (χ0n) is 18.0. The Morgan fingerprint density at radius 2 is 1.71 bits per heavy atom. The Labute approximate surface area is 181 Å². The van der Waals surface area contributed by atoms with E-state index in [1.165, 1.54) is 6.07 Å². The maximum absolute atomic E-state index is 14.0. The molecule has 3 nitrogen and oxygen atoms in total. The van der Waals surface area contributed by atoms with Crippen LogP contribution in [-0.4, -0.2) is 19.7 Å². The second-order valence-electron chi connectivity index (χ2n) is 7.30. The summed E-state index contributed by atoms with van der Waals surface area (Å²) in [6.07, 6.45) is -1.98. The predicted octanol–water partition coefficient (Wildman–Crippen LogP) is 6.77. The smallest absolute Gasteiger partial charge is 0.306 e. The second kappa shape index (κ2) is 10.2. The van der Waals surface area contributed by atoms with Gasteiger partial charge in [0.2, 0.25) is 0 Å². The van der Waals surface area contributed by atoms with Crippen LogP contribution in [0.4, 0.5) is 8.78 Å². The van der Waals surface area contributed by atoms with Gasteiger partial charge in [-0.2, -0.15) is 0 Å². The summed E-state index contributed by atoms with van der Waals surface area (Å²) in [4.78, 5) is 11.8. The highest BCUT2D eigenvalue weighted by Crippen LogP contribution is 2.37. The molecule has 0 saturated heterocycles. The van der Waals surface area contributed by atoms with E-state index in [0.717, 1.165) is 22.3 Å². The van der Waals surface area contributed by atoms with Gasteiger partial charge in [0.05, 0.1) is 13.7 Å². The molecule has 0 aliphatic carbocycles. The van der Waals surface area contributed by atoms with Crippen LogP contribution < -0.4 is 4.74 Å². The Kier molecular flexibility index (Phi) is 7.40. The molecule has 0 unspecified atom stereocenters. The molecular weight excluding hydrogens is 398 g/mol. The summed E-state index contributed by atoms with van der Waals surface area (Å²) in [6.45, 7) is 4.02. The van der Waals surface area contributed by atoms with Crippen molar-refractivity contribution >= 4 is 5.97 Å². The van der Waals surface area contributed by atoms with Gasteiger partial charge in [0, 0.05) is 12.0 Å². The first-order valence-corrected chi connectivity index (χ1v) is 10.2. The summed E-state index contributed by atoms with van der Waals surface area (Å²) in [7, 11) is 1.57. The summed E-state index contributed by atoms with van der Waals surface area (Å²) in [5, 5.41) is 0. The molecule has 162 valence electrons. The standard InChI is InChI=1S/C26H26F2O3/c1-4-31-25(29)13-9-19-15-21(30-3)10-12-22(19)20-8-11-23(24(16-20)26(27)28)18-7-5-6-17(2)14-18/h5-8,10-12,14-16,26H,4,9,13H2,1-3H3. The minimum Gasteiger partial charge on any atom is -0.497 e. The number of carbonyl (C=O) groups excluding carboxylic acids is 1. The molecule has 3 aromatic carbocycles. The lowest BCUT2D eigenvalue weighted by atomic mass is 9.91. The van der Waals surface area contributed by atoms with E-state index in [1.807, 2.05) is 49.4 Å². The first-order valence-electron chi connectivity index (χ1n) is 10.2. The average Bonchev–Trinajstić information content (AvgIpc) is 2.77. The molecule has 0 radical (unpaired) electrons. The highest BCUT2D eigenvalue weighted by molar-refractivity contribution is 5.77. The first-order chi connectivity index (χ1) is 14.9. The van der Waals surface area contributed by atoms with E-state index in [1.54, 1.807) is 26.2 Å². The highest BCUT2D eigenvalue weighted by Gasteiger charge is 2.17. The van der Waals surface area contributed by atoms with Crippen molar-refractivity contribution in [2.45, 2.75) is 33.1 Å². The molecule has 31 heavy (non-hydrogen) atoms. The molecule has 0 aliphatic heterocycles. The molecule has 0 atom stereocenters. The van der Waals surface area contributed by atoms with Crippen molar-refractivity contribution in [1.29, 1.82) is 0 Å². The summed E-state index contributed by atoms with van der Waals surface area (Å²) in [6, 6.07) is 18.1. The van der Waals surface area contributed by atoms with Crippen LogP contribution in [0.25, 0.3) is 22.3 Å². The van der Waals surface area contributed by atoms with Gasteiger partial charge in [-0.25, -0.2) is 8.78 Å². The number of halogens is 2. The van der Waals surface area contributed by atoms with Crippen molar-refractivity contribution < 1.29 is 23.0 Å². The van der Waals surface area contributed by atoms with Gasteiger partial charge >= 0.3 is 5.97 Å². The molecule has 0 fully saturated rings.